The van der Waals surface area contributed by atoms with Gasteiger partial charge < -0.3 is 10.2 Å². The van der Waals surface area contributed by atoms with E-state index >= 15 is 0 Å². The number of pyridine rings is 1. The fourth-order valence-corrected chi connectivity index (χ4v) is 1.15. The minimum atomic E-state index is 0.284. The Bertz CT molecular complexity index is 468. The summed E-state index contributed by atoms with van der Waals surface area (Å²) in [6.45, 7) is 1.71. The summed E-state index contributed by atoms with van der Waals surface area (Å²) in [5.74, 6) is 1.16. The second-order valence-electron chi connectivity index (χ2n) is 2.72. The second-order valence-corrected chi connectivity index (χ2v) is 3.12. The molecule has 2 heterocycles. The van der Waals surface area contributed by atoms with Crippen LogP contribution in [0.2, 0.25) is 5.02 Å². The third-order valence-corrected chi connectivity index (χ3v) is 1.95. The zero-order valence-electron chi connectivity index (χ0n) is 7.36. The maximum Gasteiger partial charge on any atom is 0.249 e. The Morgan fingerprint density at radius 3 is 2.79 bits per heavy atom. The van der Waals surface area contributed by atoms with Crippen molar-refractivity contribution in [3.63, 3.8) is 0 Å². The van der Waals surface area contributed by atoms with Crippen LogP contribution in [-0.4, -0.2) is 15.2 Å². The number of nitrogens with zero attached hydrogens (tertiary/aromatic N) is 3. The van der Waals surface area contributed by atoms with Gasteiger partial charge >= 0.3 is 0 Å². The van der Waals surface area contributed by atoms with Crippen molar-refractivity contribution in [2.75, 3.05) is 5.73 Å². The monoisotopic (exact) mass is 210 g/mol. The molecule has 0 aliphatic carbocycles. The topological polar surface area (TPSA) is 77.8 Å². The van der Waals surface area contributed by atoms with Crippen LogP contribution in [0.5, 0.6) is 0 Å². The Labute approximate surface area is 84.9 Å². The number of aryl methyl sites for hydroxylation is 1. The van der Waals surface area contributed by atoms with Crippen molar-refractivity contribution in [3.8, 4) is 11.5 Å². The summed E-state index contributed by atoms with van der Waals surface area (Å²) in [5.41, 5.74) is 6.12. The fraction of sp³-hybridized carbons (Fsp3) is 0.125. The highest BCUT2D eigenvalue weighted by molar-refractivity contribution is 6.33. The van der Waals surface area contributed by atoms with Crippen molar-refractivity contribution in [2.24, 2.45) is 0 Å². The maximum atomic E-state index is 5.79. The van der Waals surface area contributed by atoms with Gasteiger partial charge in [0.2, 0.25) is 11.8 Å². The molecule has 2 aromatic rings. The standard InChI is InChI=1S/C8H7ClN4O/c1-4-12-13-8(14-4)5-2-6(9)7(10)11-3-5/h2-3H,1H3,(H2,10,11). The number of nitrogen functional groups attached to an aromatic ring is 1. The number of rotatable bonds is 1. The Balaban J connectivity index is 2.47. The minimum Gasteiger partial charge on any atom is -0.421 e. The van der Waals surface area contributed by atoms with Crippen LogP contribution in [0.25, 0.3) is 11.5 Å². The number of nitrogens with two attached hydrogens (primary N) is 1. The van der Waals surface area contributed by atoms with Crippen LogP contribution in [-0.2, 0) is 0 Å². The van der Waals surface area contributed by atoms with Gasteiger partial charge in [0, 0.05) is 13.1 Å². The van der Waals surface area contributed by atoms with E-state index in [1.807, 2.05) is 0 Å². The molecule has 14 heavy (non-hydrogen) atoms. The molecule has 0 unspecified atom stereocenters. The lowest BCUT2D eigenvalue weighted by Crippen LogP contribution is -1.91. The predicted molar refractivity (Wildman–Crippen MR) is 51.7 cm³/mol. The summed E-state index contributed by atoms with van der Waals surface area (Å²) in [6.07, 6.45) is 1.54. The zero-order chi connectivity index (χ0) is 10.1. The van der Waals surface area contributed by atoms with Crippen molar-refractivity contribution in [1.29, 1.82) is 0 Å². The smallest absolute Gasteiger partial charge is 0.249 e. The maximum absolute atomic E-state index is 5.79. The number of hydrogen-bond donors (Lipinski definition) is 1. The van der Waals surface area contributed by atoms with Crippen molar-refractivity contribution in [2.45, 2.75) is 6.92 Å². The highest BCUT2D eigenvalue weighted by Gasteiger charge is 2.08. The summed E-state index contributed by atoms with van der Waals surface area (Å²) in [7, 11) is 0. The molecular weight excluding hydrogens is 204 g/mol. The first-order valence-electron chi connectivity index (χ1n) is 3.88. The van der Waals surface area contributed by atoms with E-state index in [-0.39, 0.29) is 5.82 Å². The molecule has 5 nitrogen and oxygen atoms in total. The first kappa shape index (κ1) is 8.96. The second kappa shape index (κ2) is 3.26. The Morgan fingerprint density at radius 2 is 2.21 bits per heavy atom. The number of aromatic nitrogens is 3. The molecule has 0 bridgehead atoms. The van der Waals surface area contributed by atoms with E-state index in [4.69, 9.17) is 21.8 Å². The third-order valence-electron chi connectivity index (χ3n) is 1.64. The van der Waals surface area contributed by atoms with Crippen molar-refractivity contribution in [3.05, 3.63) is 23.2 Å². The van der Waals surface area contributed by atoms with Gasteiger partial charge in [0.25, 0.3) is 0 Å². The molecule has 0 amide bonds. The fourth-order valence-electron chi connectivity index (χ4n) is 0.979. The summed E-state index contributed by atoms with van der Waals surface area (Å²) < 4.78 is 5.20. The van der Waals surface area contributed by atoms with Crippen LogP contribution in [0.1, 0.15) is 5.89 Å². The predicted octanol–water partition coefficient (Wildman–Crippen LogP) is 1.68. The van der Waals surface area contributed by atoms with Gasteiger partial charge in [-0.15, -0.1) is 10.2 Å². The first-order valence-corrected chi connectivity index (χ1v) is 4.26. The Kier molecular flexibility index (Phi) is 2.09. The highest BCUT2D eigenvalue weighted by Crippen LogP contribution is 2.23. The lowest BCUT2D eigenvalue weighted by Gasteiger charge is -1.97. The van der Waals surface area contributed by atoms with Gasteiger partial charge in [-0.1, -0.05) is 11.6 Å². The summed E-state index contributed by atoms with van der Waals surface area (Å²) in [4.78, 5) is 3.88. The molecule has 6 heteroatoms. The summed E-state index contributed by atoms with van der Waals surface area (Å²) in [5, 5.41) is 7.90. The van der Waals surface area contributed by atoms with Crippen LogP contribution in [0.3, 0.4) is 0 Å². The van der Waals surface area contributed by atoms with Crippen molar-refractivity contribution in [1.82, 2.24) is 15.2 Å². The first-order chi connectivity index (χ1) is 6.66. The Hall–Kier alpha value is -1.62. The summed E-state index contributed by atoms with van der Waals surface area (Å²) in [6, 6.07) is 1.64. The quantitative estimate of drug-likeness (QED) is 0.775. The molecule has 0 aliphatic heterocycles. The van der Waals surface area contributed by atoms with Gasteiger partial charge in [-0.25, -0.2) is 4.98 Å². The van der Waals surface area contributed by atoms with E-state index in [0.717, 1.165) is 0 Å². The van der Waals surface area contributed by atoms with E-state index in [2.05, 4.69) is 15.2 Å². The summed E-state index contributed by atoms with van der Waals surface area (Å²) >= 11 is 5.79. The van der Waals surface area contributed by atoms with Crippen LogP contribution in [0.15, 0.2) is 16.7 Å². The van der Waals surface area contributed by atoms with Crippen LogP contribution in [0.4, 0.5) is 5.82 Å². The van der Waals surface area contributed by atoms with Gasteiger partial charge in [0.15, 0.2) is 0 Å². The Morgan fingerprint density at radius 1 is 1.43 bits per heavy atom. The zero-order valence-corrected chi connectivity index (χ0v) is 8.12. The van der Waals surface area contributed by atoms with Crippen LogP contribution < -0.4 is 5.73 Å². The third kappa shape index (κ3) is 1.54. The molecule has 0 fully saturated rings. The van der Waals surface area contributed by atoms with Crippen molar-refractivity contribution < 1.29 is 4.42 Å². The lowest BCUT2D eigenvalue weighted by molar-refractivity contribution is 0.532. The molecule has 2 rings (SSSR count). The highest BCUT2D eigenvalue weighted by atomic mass is 35.5. The van der Waals surface area contributed by atoms with Gasteiger partial charge in [-0.05, 0) is 6.07 Å². The van der Waals surface area contributed by atoms with E-state index in [9.17, 15) is 0 Å². The largest absolute Gasteiger partial charge is 0.421 e. The lowest BCUT2D eigenvalue weighted by atomic mass is 10.3. The van der Waals surface area contributed by atoms with Crippen LogP contribution in [0, 0.1) is 6.92 Å². The van der Waals surface area contributed by atoms with E-state index < -0.39 is 0 Å². The van der Waals surface area contributed by atoms with E-state index in [1.165, 1.54) is 6.20 Å². The van der Waals surface area contributed by atoms with E-state index in [0.29, 0.717) is 22.4 Å². The van der Waals surface area contributed by atoms with Crippen LogP contribution >= 0.6 is 11.6 Å². The van der Waals surface area contributed by atoms with E-state index in [1.54, 1.807) is 13.0 Å². The molecule has 0 aliphatic rings. The molecule has 72 valence electrons. The van der Waals surface area contributed by atoms with Gasteiger partial charge in [-0.2, -0.15) is 0 Å². The molecule has 0 saturated heterocycles. The molecule has 0 radical (unpaired) electrons. The molecule has 2 N–H and O–H groups in total. The number of halogens is 1. The molecular formula is C8H7ClN4O. The molecule has 0 atom stereocenters. The molecule has 0 aromatic carbocycles. The van der Waals surface area contributed by atoms with Crippen molar-refractivity contribution >= 4 is 17.4 Å². The molecule has 2 aromatic heterocycles. The number of hydrogen-bond acceptors (Lipinski definition) is 5. The van der Waals surface area contributed by atoms with Gasteiger partial charge in [0.1, 0.15) is 5.82 Å². The van der Waals surface area contributed by atoms with Gasteiger partial charge in [0.05, 0.1) is 10.6 Å². The SMILES string of the molecule is Cc1nnc(-c2cnc(N)c(Cl)c2)o1. The number of anilines is 1. The average molecular weight is 211 g/mol. The normalized spacial score (nSPS) is 10.4. The molecule has 0 saturated carbocycles. The van der Waals surface area contributed by atoms with Gasteiger partial charge in [-0.3, -0.25) is 0 Å². The average Bonchev–Trinajstić information content (AvgIpc) is 2.57. The minimum absolute atomic E-state index is 0.284. The molecule has 0 spiro atoms.